The van der Waals surface area contributed by atoms with Crippen LogP contribution in [0.2, 0.25) is 0 Å². The number of rotatable bonds is 5. The second kappa shape index (κ2) is 7.23. The Morgan fingerprint density at radius 2 is 1.79 bits per heavy atom. The third-order valence-electron chi connectivity index (χ3n) is 5.36. The monoisotopic (exact) mass is 350 g/mol. The van der Waals surface area contributed by atoms with Gasteiger partial charge in [-0.1, -0.05) is 43.2 Å². The standard InChI is InChI=1S/C18H26N2O3S/c19-17-13-20(12-16(17)14-6-2-1-3-7-14)18(21)10-11-24(22,23)15-8-4-5-9-15/h1-3,6-7,15-17H,4-5,8-13,19H2/t16-,17+/m0/s1. The van der Waals surface area contributed by atoms with E-state index in [1.165, 1.54) is 0 Å². The maximum absolute atomic E-state index is 12.4. The quantitative estimate of drug-likeness (QED) is 0.876. The molecule has 2 fully saturated rings. The van der Waals surface area contributed by atoms with E-state index in [1.54, 1.807) is 4.90 Å². The number of benzene rings is 1. The molecular formula is C18H26N2O3S. The van der Waals surface area contributed by atoms with Gasteiger partial charge in [-0.3, -0.25) is 4.79 Å². The topological polar surface area (TPSA) is 80.5 Å². The summed E-state index contributed by atoms with van der Waals surface area (Å²) < 4.78 is 24.6. The lowest BCUT2D eigenvalue weighted by atomic mass is 9.95. The molecular weight excluding hydrogens is 324 g/mol. The van der Waals surface area contributed by atoms with Gasteiger partial charge in [0.05, 0.1) is 11.0 Å². The first-order valence-electron chi connectivity index (χ1n) is 8.77. The van der Waals surface area contributed by atoms with Gasteiger partial charge in [-0.05, 0) is 18.4 Å². The van der Waals surface area contributed by atoms with Crippen LogP contribution in [-0.4, -0.2) is 49.4 Å². The van der Waals surface area contributed by atoms with Crippen LogP contribution in [0.5, 0.6) is 0 Å². The van der Waals surface area contributed by atoms with Gasteiger partial charge < -0.3 is 10.6 Å². The third-order valence-corrected chi connectivity index (χ3v) is 7.62. The highest BCUT2D eigenvalue weighted by atomic mass is 32.2. The molecule has 1 saturated heterocycles. The van der Waals surface area contributed by atoms with Crippen molar-refractivity contribution in [1.82, 2.24) is 4.90 Å². The molecule has 1 aromatic rings. The fourth-order valence-corrected chi connectivity index (χ4v) is 5.73. The Hall–Kier alpha value is -1.40. The summed E-state index contributed by atoms with van der Waals surface area (Å²) in [5.41, 5.74) is 7.35. The molecule has 1 aromatic carbocycles. The minimum atomic E-state index is -3.14. The van der Waals surface area contributed by atoms with Gasteiger partial charge in [-0.25, -0.2) is 8.42 Å². The number of sulfone groups is 1. The Bertz CT molecular complexity index is 669. The average molecular weight is 350 g/mol. The summed E-state index contributed by atoms with van der Waals surface area (Å²) in [4.78, 5) is 14.2. The van der Waals surface area contributed by atoms with E-state index >= 15 is 0 Å². The SMILES string of the molecule is N[C@@H]1CN(C(=O)CCS(=O)(=O)C2CCCC2)C[C@H]1c1ccccc1. The number of hydrogen-bond acceptors (Lipinski definition) is 4. The van der Waals surface area contributed by atoms with E-state index in [2.05, 4.69) is 0 Å². The van der Waals surface area contributed by atoms with Crippen molar-refractivity contribution >= 4 is 15.7 Å². The van der Waals surface area contributed by atoms with E-state index in [1.807, 2.05) is 30.3 Å². The highest BCUT2D eigenvalue weighted by molar-refractivity contribution is 7.92. The van der Waals surface area contributed by atoms with Gasteiger partial charge >= 0.3 is 0 Å². The minimum Gasteiger partial charge on any atom is -0.340 e. The lowest BCUT2D eigenvalue weighted by molar-refractivity contribution is -0.129. The summed E-state index contributed by atoms with van der Waals surface area (Å²) >= 11 is 0. The van der Waals surface area contributed by atoms with Crippen molar-refractivity contribution in [3.05, 3.63) is 35.9 Å². The summed E-state index contributed by atoms with van der Waals surface area (Å²) in [7, 11) is -3.14. The zero-order chi connectivity index (χ0) is 17.2. The zero-order valence-corrected chi connectivity index (χ0v) is 14.7. The Kier molecular flexibility index (Phi) is 5.25. The maximum atomic E-state index is 12.4. The van der Waals surface area contributed by atoms with Crippen LogP contribution < -0.4 is 5.73 Å². The first-order chi connectivity index (χ1) is 11.5. The van der Waals surface area contributed by atoms with Crippen LogP contribution in [0.1, 0.15) is 43.6 Å². The van der Waals surface area contributed by atoms with Crippen molar-refractivity contribution in [2.75, 3.05) is 18.8 Å². The van der Waals surface area contributed by atoms with E-state index in [0.717, 1.165) is 31.2 Å². The van der Waals surface area contributed by atoms with Gasteiger partial charge in [0.25, 0.3) is 0 Å². The van der Waals surface area contributed by atoms with Crippen molar-refractivity contribution in [3.63, 3.8) is 0 Å². The molecule has 0 unspecified atom stereocenters. The molecule has 0 radical (unpaired) electrons. The van der Waals surface area contributed by atoms with Crippen molar-refractivity contribution in [3.8, 4) is 0 Å². The van der Waals surface area contributed by atoms with Crippen LogP contribution in [0.3, 0.4) is 0 Å². The van der Waals surface area contributed by atoms with Crippen LogP contribution in [0, 0.1) is 0 Å². The maximum Gasteiger partial charge on any atom is 0.223 e. The largest absolute Gasteiger partial charge is 0.340 e. The average Bonchev–Trinajstić information content (AvgIpc) is 3.23. The van der Waals surface area contributed by atoms with Crippen molar-refractivity contribution in [2.24, 2.45) is 5.73 Å². The Balaban J connectivity index is 1.56. The van der Waals surface area contributed by atoms with Crippen LogP contribution in [-0.2, 0) is 14.6 Å². The Labute approximate surface area is 144 Å². The molecule has 0 aromatic heterocycles. The lowest BCUT2D eigenvalue weighted by Crippen LogP contribution is -2.33. The van der Waals surface area contributed by atoms with E-state index < -0.39 is 9.84 Å². The normalized spacial score (nSPS) is 25.3. The second-order valence-electron chi connectivity index (χ2n) is 7.00. The van der Waals surface area contributed by atoms with Crippen molar-refractivity contribution in [1.29, 1.82) is 0 Å². The van der Waals surface area contributed by atoms with Crippen LogP contribution in [0.4, 0.5) is 0 Å². The number of nitrogens with zero attached hydrogens (tertiary/aromatic N) is 1. The third kappa shape index (κ3) is 3.81. The van der Waals surface area contributed by atoms with Gasteiger partial charge in [0.15, 0.2) is 9.84 Å². The smallest absolute Gasteiger partial charge is 0.223 e. The molecule has 1 aliphatic heterocycles. The minimum absolute atomic E-state index is 0.0295. The molecule has 2 N–H and O–H groups in total. The molecule has 2 aliphatic rings. The van der Waals surface area contributed by atoms with Gasteiger partial charge in [-0.15, -0.1) is 0 Å². The van der Waals surface area contributed by atoms with Crippen molar-refractivity contribution in [2.45, 2.75) is 49.3 Å². The highest BCUT2D eigenvalue weighted by Crippen LogP contribution is 2.28. The molecule has 3 rings (SSSR count). The van der Waals surface area contributed by atoms with Gasteiger partial charge in [0.2, 0.25) is 5.91 Å². The van der Waals surface area contributed by atoms with E-state index in [0.29, 0.717) is 13.1 Å². The highest BCUT2D eigenvalue weighted by Gasteiger charge is 2.35. The summed E-state index contributed by atoms with van der Waals surface area (Å²) in [5, 5.41) is -0.233. The Morgan fingerprint density at radius 1 is 1.12 bits per heavy atom. The van der Waals surface area contributed by atoms with Gasteiger partial charge in [0, 0.05) is 31.5 Å². The lowest BCUT2D eigenvalue weighted by Gasteiger charge is -2.17. The molecule has 24 heavy (non-hydrogen) atoms. The van der Waals surface area contributed by atoms with Crippen LogP contribution in [0.25, 0.3) is 0 Å². The first kappa shape index (κ1) is 17.4. The van der Waals surface area contributed by atoms with E-state index in [9.17, 15) is 13.2 Å². The second-order valence-corrected chi connectivity index (χ2v) is 9.40. The number of likely N-dealkylation sites (tertiary alicyclic amines) is 1. The molecule has 5 nitrogen and oxygen atoms in total. The molecule has 6 heteroatoms. The number of nitrogens with two attached hydrogens (primary N) is 1. The molecule has 132 valence electrons. The predicted octanol–water partition coefficient (Wildman–Crippen LogP) is 1.69. The summed E-state index contributed by atoms with van der Waals surface area (Å²) in [6.45, 7) is 1.08. The molecule has 0 bridgehead atoms. The predicted molar refractivity (Wildman–Crippen MR) is 94.4 cm³/mol. The van der Waals surface area contributed by atoms with Crippen LogP contribution >= 0.6 is 0 Å². The Morgan fingerprint density at radius 3 is 2.46 bits per heavy atom. The molecule has 2 atom stereocenters. The molecule has 1 aliphatic carbocycles. The molecule has 1 heterocycles. The summed E-state index contributed by atoms with van der Waals surface area (Å²) in [6.07, 6.45) is 3.55. The summed E-state index contributed by atoms with van der Waals surface area (Å²) in [6, 6.07) is 9.87. The van der Waals surface area contributed by atoms with Gasteiger partial charge in [0.1, 0.15) is 0 Å². The number of amides is 1. The number of hydrogen-bond donors (Lipinski definition) is 1. The van der Waals surface area contributed by atoms with Gasteiger partial charge in [-0.2, -0.15) is 0 Å². The fourth-order valence-electron chi connectivity index (χ4n) is 3.89. The summed E-state index contributed by atoms with van der Waals surface area (Å²) in [5.74, 6) is 0.00478. The number of carbonyl (C=O) groups excluding carboxylic acids is 1. The molecule has 0 spiro atoms. The fraction of sp³-hybridized carbons (Fsp3) is 0.611. The molecule has 1 amide bonds. The number of carbonyl (C=O) groups is 1. The van der Waals surface area contributed by atoms with Crippen molar-refractivity contribution < 1.29 is 13.2 Å². The van der Waals surface area contributed by atoms with E-state index in [4.69, 9.17) is 5.73 Å². The first-order valence-corrected chi connectivity index (χ1v) is 10.5. The zero-order valence-electron chi connectivity index (χ0n) is 13.9. The molecule has 1 saturated carbocycles. The van der Waals surface area contributed by atoms with E-state index in [-0.39, 0.29) is 35.3 Å². The van der Waals surface area contributed by atoms with Crippen LogP contribution in [0.15, 0.2) is 30.3 Å².